The number of fused-ring (bicyclic) bond motifs is 8. The highest BCUT2D eigenvalue weighted by Gasteiger charge is 2.41. The van der Waals surface area contributed by atoms with E-state index in [1.165, 1.54) is 6.20 Å². The number of ether oxygens (including phenoxy) is 1. The molecule has 0 N–H and O–H groups in total. The van der Waals surface area contributed by atoms with E-state index in [1.54, 1.807) is 0 Å². The van der Waals surface area contributed by atoms with Crippen LogP contribution in [0.2, 0.25) is 0 Å². The van der Waals surface area contributed by atoms with Crippen molar-refractivity contribution >= 4 is 34.1 Å². The third-order valence-corrected chi connectivity index (χ3v) is 2.52. The van der Waals surface area contributed by atoms with Crippen LogP contribution in [0.1, 0.15) is 20.7 Å². The van der Waals surface area contributed by atoms with Gasteiger partial charge < -0.3 is 13.7 Å². The largest absolute Gasteiger partial charge is 0.451 e. The molecule has 4 heterocycles. The minimum absolute atomic E-state index is 0.152. The average molecular weight is 203 g/mol. The number of hydrogen-bond acceptors (Lipinski definition) is 6. The van der Waals surface area contributed by atoms with E-state index in [-0.39, 0.29) is 16.7 Å². The highest BCUT2D eigenvalue weighted by Crippen LogP contribution is 2.41. The van der Waals surface area contributed by atoms with E-state index in [4.69, 9.17) is 8.94 Å². The Morgan fingerprint density at radius 2 is 1.73 bits per heavy atom. The van der Waals surface area contributed by atoms with Crippen LogP contribution in [-0.2, 0) is 4.74 Å². The molecule has 15 heavy (non-hydrogen) atoms. The van der Waals surface area contributed by atoms with Gasteiger partial charge in [0.1, 0.15) is 11.1 Å². The van der Waals surface area contributed by atoms with Crippen molar-refractivity contribution in [3.8, 4) is 0 Å². The van der Waals surface area contributed by atoms with E-state index in [9.17, 15) is 9.59 Å². The first-order chi connectivity index (χ1) is 7.27. The van der Waals surface area contributed by atoms with Gasteiger partial charge in [-0.2, -0.15) is 0 Å². The minimum atomic E-state index is -0.693. The molecular weight excluding hydrogens is 202 g/mol. The fourth-order valence-electron chi connectivity index (χ4n) is 1.92. The Morgan fingerprint density at radius 1 is 1.00 bits per heavy atom. The summed E-state index contributed by atoms with van der Waals surface area (Å²) < 4.78 is 14.7. The summed E-state index contributed by atoms with van der Waals surface area (Å²) in [7, 11) is 0. The maximum absolute atomic E-state index is 11.3. The first kappa shape index (κ1) is 6.99. The van der Waals surface area contributed by atoms with Crippen LogP contribution in [-0.4, -0.2) is 17.1 Å². The monoisotopic (exact) mass is 203 g/mol. The van der Waals surface area contributed by atoms with Gasteiger partial charge in [0, 0.05) is 0 Å². The van der Waals surface area contributed by atoms with Gasteiger partial charge in [-0.15, -0.1) is 0 Å². The fraction of sp³-hybridized carbons (Fsp3) is 0. The highest BCUT2D eigenvalue weighted by molar-refractivity contribution is 6.28. The number of hydrogen-bond donors (Lipinski definition) is 0. The summed E-state index contributed by atoms with van der Waals surface area (Å²) in [5, 5.41) is 4.17. The molecule has 1 aliphatic heterocycles. The Kier molecular flexibility index (Phi) is 0.864. The first-order valence-electron chi connectivity index (χ1n) is 4.16. The van der Waals surface area contributed by atoms with Crippen molar-refractivity contribution in [2.45, 2.75) is 0 Å². The topological polar surface area (TPSA) is 82.5 Å². The molecule has 0 radical (unpaired) electrons. The van der Waals surface area contributed by atoms with Crippen molar-refractivity contribution in [3.63, 3.8) is 0 Å². The standard InChI is InChI=1S/C9HNO5/c11-8-3-4(9(12)14-8)7-6-2(1-10-15-6)5(3)13-7/h1H. The van der Waals surface area contributed by atoms with Gasteiger partial charge in [-0.25, -0.2) is 9.59 Å². The van der Waals surface area contributed by atoms with Crippen molar-refractivity contribution in [3.05, 3.63) is 17.3 Å². The fourth-order valence-corrected chi connectivity index (χ4v) is 1.92. The van der Waals surface area contributed by atoms with Crippen LogP contribution in [0.3, 0.4) is 0 Å². The summed E-state index contributed by atoms with van der Waals surface area (Å²) >= 11 is 0. The zero-order valence-electron chi connectivity index (χ0n) is 7.07. The van der Waals surface area contributed by atoms with E-state index < -0.39 is 11.9 Å². The molecule has 3 aromatic rings. The highest BCUT2D eigenvalue weighted by atomic mass is 16.6. The molecule has 1 aliphatic rings. The lowest BCUT2D eigenvalue weighted by molar-refractivity contribution is 0.0443. The number of carbonyl (C=O) groups is 2. The number of benzene rings is 1. The summed E-state index contributed by atoms with van der Waals surface area (Å²) in [6.45, 7) is 0. The third-order valence-electron chi connectivity index (χ3n) is 2.52. The number of rotatable bonds is 0. The van der Waals surface area contributed by atoms with Gasteiger partial charge in [-0.1, -0.05) is 5.16 Å². The normalized spacial score (nSPS) is 15.5. The Labute approximate surface area is 80.7 Å². The molecule has 0 aliphatic carbocycles. The van der Waals surface area contributed by atoms with Crippen LogP contribution < -0.4 is 0 Å². The molecule has 6 heteroatoms. The number of nitrogens with zero attached hydrogens (tertiary/aromatic N) is 1. The molecule has 0 atom stereocenters. The third kappa shape index (κ3) is 0.567. The molecular formula is C9HNO5. The van der Waals surface area contributed by atoms with Crippen LogP contribution in [0.15, 0.2) is 15.1 Å². The number of carbonyl (C=O) groups excluding carboxylic acids is 2. The van der Waals surface area contributed by atoms with E-state index in [2.05, 4.69) is 9.89 Å². The van der Waals surface area contributed by atoms with Crippen molar-refractivity contribution in [2.24, 2.45) is 0 Å². The molecule has 0 aromatic carbocycles. The van der Waals surface area contributed by atoms with Crippen LogP contribution in [0.25, 0.3) is 22.1 Å². The second-order valence-corrected chi connectivity index (χ2v) is 3.26. The number of esters is 2. The molecule has 0 saturated heterocycles. The van der Waals surface area contributed by atoms with Gasteiger partial charge >= 0.3 is 11.9 Å². The zero-order chi connectivity index (χ0) is 10.2. The molecule has 2 bridgehead atoms. The lowest BCUT2D eigenvalue weighted by atomic mass is 10.1. The molecule has 0 fully saturated rings. The Hall–Kier alpha value is -2.37. The minimum Gasteiger partial charge on any atom is -0.451 e. The van der Waals surface area contributed by atoms with E-state index in [1.807, 2.05) is 0 Å². The van der Waals surface area contributed by atoms with E-state index in [0.717, 1.165) is 0 Å². The van der Waals surface area contributed by atoms with Crippen LogP contribution in [0.5, 0.6) is 0 Å². The molecule has 0 unspecified atom stereocenters. The maximum Gasteiger partial charge on any atom is 0.351 e. The molecule has 3 aromatic heterocycles. The van der Waals surface area contributed by atoms with Crippen molar-refractivity contribution < 1.29 is 23.3 Å². The van der Waals surface area contributed by atoms with E-state index >= 15 is 0 Å². The maximum atomic E-state index is 11.3. The molecule has 72 valence electrons. The van der Waals surface area contributed by atoms with Crippen molar-refractivity contribution in [2.75, 3.05) is 0 Å². The van der Waals surface area contributed by atoms with Gasteiger partial charge in [-0.05, 0) is 0 Å². The predicted octanol–water partition coefficient (Wildman–Crippen LogP) is 1.32. The lowest BCUT2D eigenvalue weighted by Gasteiger charge is -1.85. The second-order valence-electron chi connectivity index (χ2n) is 3.26. The van der Waals surface area contributed by atoms with Gasteiger partial charge in [0.2, 0.25) is 5.58 Å². The molecule has 0 saturated carbocycles. The number of furan rings is 2. The van der Waals surface area contributed by atoms with E-state index in [0.29, 0.717) is 16.6 Å². The Morgan fingerprint density at radius 3 is 2.53 bits per heavy atom. The smallest absolute Gasteiger partial charge is 0.351 e. The van der Waals surface area contributed by atoms with Gasteiger partial charge in [0.05, 0.1) is 11.6 Å². The summed E-state index contributed by atoms with van der Waals surface area (Å²) in [6, 6.07) is 0. The lowest BCUT2D eigenvalue weighted by Crippen LogP contribution is -1.97. The Bertz CT molecular complexity index is 676. The molecule has 6 nitrogen and oxygen atoms in total. The zero-order valence-corrected chi connectivity index (χ0v) is 7.07. The average Bonchev–Trinajstić information content (AvgIpc) is 2.88. The quantitative estimate of drug-likeness (QED) is 0.404. The summed E-state index contributed by atoms with van der Waals surface area (Å²) in [6.07, 6.45) is 1.44. The van der Waals surface area contributed by atoms with Gasteiger partial charge in [0.25, 0.3) is 0 Å². The van der Waals surface area contributed by atoms with Gasteiger partial charge in [-0.3, -0.25) is 0 Å². The summed E-state index contributed by atoms with van der Waals surface area (Å²) in [5.41, 5.74) is 1.27. The van der Waals surface area contributed by atoms with Crippen molar-refractivity contribution in [1.82, 2.24) is 5.16 Å². The van der Waals surface area contributed by atoms with Crippen LogP contribution in [0.4, 0.5) is 0 Å². The number of cyclic esters (lactones) is 2. The first-order valence-corrected chi connectivity index (χ1v) is 4.16. The summed E-state index contributed by atoms with van der Waals surface area (Å²) in [4.78, 5) is 22.6. The second kappa shape index (κ2) is 1.85. The molecule has 4 rings (SSSR count). The van der Waals surface area contributed by atoms with Gasteiger partial charge in [0.15, 0.2) is 11.2 Å². The molecule has 0 spiro atoms. The van der Waals surface area contributed by atoms with Crippen molar-refractivity contribution in [1.29, 1.82) is 0 Å². The molecule has 0 amide bonds. The van der Waals surface area contributed by atoms with Crippen LogP contribution >= 0.6 is 0 Å². The predicted molar refractivity (Wildman–Crippen MR) is 44.7 cm³/mol. The number of aromatic nitrogens is 1. The summed E-state index contributed by atoms with van der Waals surface area (Å²) in [5.74, 6) is -1.37. The Balaban J connectivity index is 2.35. The van der Waals surface area contributed by atoms with Crippen LogP contribution in [0, 0.1) is 0 Å². The SMILES string of the molecule is O=C1OC(=O)c2c1c1oc2c2oncc12.